The molecule has 2 aromatic heterocycles. The minimum Gasteiger partial charge on any atom is -0.295 e. The molecule has 1 N–H and O–H groups in total. The summed E-state index contributed by atoms with van der Waals surface area (Å²) < 4.78 is 40.5. The number of benzene rings is 1. The van der Waals surface area contributed by atoms with Gasteiger partial charge >= 0.3 is 6.18 Å². The van der Waals surface area contributed by atoms with Crippen molar-refractivity contribution in [1.29, 1.82) is 0 Å². The Morgan fingerprint density at radius 2 is 1.96 bits per heavy atom. The Kier molecular flexibility index (Phi) is 4.43. The van der Waals surface area contributed by atoms with Crippen molar-refractivity contribution < 1.29 is 18.0 Å². The number of imidazole rings is 1. The normalized spacial score (nSPS) is 13.4. The number of nitrogens with zero attached hydrogens (tertiary/aromatic N) is 3. The Bertz CT molecular complexity index is 1150. The number of anilines is 1. The van der Waals surface area contributed by atoms with Gasteiger partial charge in [-0.05, 0) is 42.0 Å². The summed E-state index contributed by atoms with van der Waals surface area (Å²) in [7, 11) is 0. The van der Waals surface area contributed by atoms with E-state index < -0.39 is 11.9 Å². The van der Waals surface area contributed by atoms with E-state index in [2.05, 4.69) is 15.3 Å². The summed E-state index contributed by atoms with van der Waals surface area (Å²) in [4.78, 5) is 20.4. The van der Waals surface area contributed by atoms with Gasteiger partial charge in [0.15, 0.2) is 5.65 Å². The molecule has 0 radical (unpaired) electrons. The van der Waals surface area contributed by atoms with Crippen LogP contribution in [-0.4, -0.2) is 20.4 Å². The van der Waals surface area contributed by atoms with E-state index in [1.807, 2.05) is 0 Å². The van der Waals surface area contributed by atoms with E-state index in [1.165, 1.54) is 10.6 Å². The van der Waals surface area contributed by atoms with Gasteiger partial charge in [0, 0.05) is 5.02 Å². The van der Waals surface area contributed by atoms with Crippen molar-refractivity contribution in [3.8, 4) is 0 Å². The number of hydrogen-bond acceptors (Lipinski definition) is 3. The summed E-state index contributed by atoms with van der Waals surface area (Å²) in [6.45, 7) is 0. The fourth-order valence-corrected chi connectivity index (χ4v) is 2.99. The van der Waals surface area contributed by atoms with E-state index in [0.29, 0.717) is 16.3 Å². The standard InChI is InChI=1S/C19H12ClF3N4O/c20-12-4-1-3-11(9-12)10-16(28)26-18-24-14-7-8-15(19(21,22)23)25-17(14)27(18)13-5-2-6-13/h1-9H,10H2,(H,24,26,28). The van der Waals surface area contributed by atoms with Gasteiger partial charge in [0.1, 0.15) is 11.2 Å². The second-order valence-electron chi connectivity index (χ2n) is 6.11. The zero-order valence-corrected chi connectivity index (χ0v) is 14.9. The number of amides is 1. The summed E-state index contributed by atoms with van der Waals surface area (Å²) in [5, 5.41) is 3.15. The molecule has 0 saturated carbocycles. The minimum absolute atomic E-state index is 0.0171. The van der Waals surface area contributed by atoms with Gasteiger partial charge < -0.3 is 0 Å². The topological polar surface area (TPSA) is 59.8 Å². The zero-order chi connectivity index (χ0) is 19.9. The Labute approximate surface area is 162 Å². The lowest BCUT2D eigenvalue weighted by atomic mass is 10.1. The number of allylic oxidation sites excluding steroid dienone is 4. The smallest absolute Gasteiger partial charge is 0.295 e. The molecule has 142 valence electrons. The van der Waals surface area contributed by atoms with Gasteiger partial charge in [-0.2, -0.15) is 13.2 Å². The van der Waals surface area contributed by atoms with Gasteiger partial charge in [-0.1, -0.05) is 29.8 Å². The minimum atomic E-state index is -4.58. The molecule has 0 fully saturated rings. The largest absolute Gasteiger partial charge is 0.433 e. The first kappa shape index (κ1) is 18.2. The summed E-state index contributed by atoms with van der Waals surface area (Å²) in [6.07, 6.45) is 0.570. The zero-order valence-electron chi connectivity index (χ0n) is 14.2. The number of halogens is 4. The number of carbonyl (C=O) groups excluding carboxylic acids is 1. The monoisotopic (exact) mass is 404 g/mol. The number of nitrogens with one attached hydrogen (secondary N) is 1. The second kappa shape index (κ2) is 6.79. The van der Waals surface area contributed by atoms with E-state index in [-0.39, 0.29) is 29.4 Å². The van der Waals surface area contributed by atoms with Gasteiger partial charge in [-0.3, -0.25) is 14.7 Å². The van der Waals surface area contributed by atoms with Crippen molar-refractivity contribution in [3.63, 3.8) is 0 Å². The molecule has 0 unspecified atom stereocenters. The number of rotatable bonds is 4. The maximum Gasteiger partial charge on any atom is 0.433 e. The van der Waals surface area contributed by atoms with Gasteiger partial charge in [-0.25, -0.2) is 9.97 Å². The molecule has 28 heavy (non-hydrogen) atoms. The van der Waals surface area contributed by atoms with Crippen LogP contribution in [0.25, 0.3) is 16.9 Å². The van der Waals surface area contributed by atoms with Crippen LogP contribution in [0, 0.1) is 0 Å². The first-order chi connectivity index (χ1) is 13.3. The Morgan fingerprint density at radius 3 is 2.61 bits per heavy atom. The van der Waals surface area contributed by atoms with Gasteiger partial charge in [-0.15, -0.1) is 0 Å². The summed E-state index contributed by atoms with van der Waals surface area (Å²) in [6, 6.07) is 8.94. The summed E-state index contributed by atoms with van der Waals surface area (Å²) in [5.41, 5.74) is 0.512. The lowest BCUT2D eigenvalue weighted by Crippen LogP contribution is -2.18. The molecule has 3 aromatic rings. The molecular weight excluding hydrogens is 393 g/mol. The molecule has 0 atom stereocenters. The molecule has 1 aliphatic rings. The van der Waals surface area contributed by atoms with E-state index >= 15 is 0 Å². The highest BCUT2D eigenvalue weighted by atomic mass is 35.5. The quantitative estimate of drug-likeness (QED) is 0.686. The van der Waals surface area contributed by atoms with Crippen molar-refractivity contribution in [2.24, 2.45) is 0 Å². The van der Waals surface area contributed by atoms with Gasteiger partial charge in [0.25, 0.3) is 0 Å². The lowest BCUT2D eigenvalue weighted by Gasteiger charge is -2.14. The molecule has 4 rings (SSSR count). The Hall–Kier alpha value is -3.13. The van der Waals surface area contributed by atoms with Crippen LogP contribution in [0.2, 0.25) is 5.02 Å². The predicted octanol–water partition coefficient (Wildman–Crippen LogP) is 4.70. The van der Waals surface area contributed by atoms with E-state index in [1.54, 1.807) is 42.5 Å². The van der Waals surface area contributed by atoms with Crippen molar-refractivity contribution in [2.75, 3.05) is 5.32 Å². The number of aromatic nitrogens is 3. The molecule has 2 heterocycles. The number of carbonyl (C=O) groups is 1. The lowest BCUT2D eigenvalue weighted by molar-refractivity contribution is -0.141. The molecular formula is C19H12ClF3N4O. The van der Waals surface area contributed by atoms with Crippen molar-refractivity contribution in [2.45, 2.75) is 12.6 Å². The Balaban J connectivity index is 1.69. The van der Waals surface area contributed by atoms with Crippen molar-refractivity contribution >= 4 is 40.3 Å². The fourth-order valence-electron chi connectivity index (χ4n) is 2.78. The molecule has 9 heteroatoms. The highest BCUT2D eigenvalue weighted by Gasteiger charge is 2.33. The molecule has 1 aliphatic carbocycles. The van der Waals surface area contributed by atoms with Crippen LogP contribution in [0.3, 0.4) is 0 Å². The predicted molar refractivity (Wildman–Crippen MR) is 99.7 cm³/mol. The van der Waals surface area contributed by atoms with Crippen LogP contribution < -0.4 is 5.32 Å². The fraction of sp³-hybridized carbons (Fsp3) is 0.105. The van der Waals surface area contributed by atoms with Gasteiger partial charge in [0.05, 0.1) is 12.1 Å². The third-order valence-corrected chi connectivity index (χ3v) is 4.33. The SMILES string of the molecule is O=C(Cc1cccc(Cl)c1)Nc1nc2ccc(C(F)(F)F)nc2n1C1=CC=C1. The third kappa shape index (κ3) is 3.50. The number of pyridine rings is 1. The van der Waals surface area contributed by atoms with Crippen molar-refractivity contribution in [3.05, 3.63) is 70.9 Å². The average molecular weight is 405 g/mol. The second-order valence-corrected chi connectivity index (χ2v) is 6.55. The van der Waals surface area contributed by atoms with Crippen LogP contribution in [0.1, 0.15) is 11.3 Å². The van der Waals surface area contributed by atoms with E-state index in [9.17, 15) is 18.0 Å². The van der Waals surface area contributed by atoms with E-state index in [4.69, 9.17) is 11.6 Å². The molecule has 0 aliphatic heterocycles. The maximum absolute atomic E-state index is 13.0. The molecule has 1 aromatic carbocycles. The molecule has 0 spiro atoms. The van der Waals surface area contributed by atoms with Crippen LogP contribution in [0.15, 0.2) is 54.6 Å². The Morgan fingerprint density at radius 1 is 1.18 bits per heavy atom. The average Bonchev–Trinajstić information content (AvgIpc) is 2.90. The first-order valence-corrected chi connectivity index (χ1v) is 8.59. The third-order valence-electron chi connectivity index (χ3n) is 4.09. The van der Waals surface area contributed by atoms with Crippen LogP contribution in [0.4, 0.5) is 19.1 Å². The van der Waals surface area contributed by atoms with E-state index in [0.717, 1.165) is 6.07 Å². The molecule has 1 amide bonds. The molecule has 0 bridgehead atoms. The summed E-state index contributed by atoms with van der Waals surface area (Å²) >= 11 is 5.92. The van der Waals surface area contributed by atoms with Crippen LogP contribution >= 0.6 is 11.6 Å². The van der Waals surface area contributed by atoms with Crippen LogP contribution in [-0.2, 0) is 17.4 Å². The highest BCUT2D eigenvalue weighted by molar-refractivity contribution is 6.30. The van der Waals surface area contributed by atoms with Gasteiger partial charge in [0.2, 0.25) is 11.9 Å². The highest BCUT2D eigenvalue weighted by Crippen LogP contribution is 2.32. The number of fused-ring (bicyclic) bond motifs is 1. The number of hydrogen-bond donors (Lipinski definition) is 1. The first-order valence-electron chi connectivity index (χ1n) is 8.21. The van der Waals surface area contributed by atoms with Crippen molar-refractivity contribution in [1.82, 2.24) is 14.5 Å². The number of alkyl halides is 3. The molecule has 5 nitrogen and oxygen atoms in total. The van der Waals surface area contributed by atoms with Crippen LogP contribution in [0.5, 0.6) is 0 Å². The molecule has 0 saturated heterocycles. The maximum atomic E-state index is 13.0. The summed E-state index contributed by atoms with van der Waals surface area (Å²) in [5.74, 6) is -0.275.